The van der Waals surface area contributed by atoms with Gasteiger partial charge in [-0.1, -0.05) is 31.0 Å². The van der Waals surface area contributed by atoms with Gasteiger partial charge in [0.1, 0.15) is 17.2 Å². The van der Waals surface area contributed by atoms with Gasteiger partial charge in [-0.05, 0) is 31.0 Å². The molecule has 0 radical (unpaired) electrons. The number of ether oxygens (including phenoxy) is 2. The molecule has 2 heterocycles. The minimum atomic E-state index is -0.304. The zero-order valence-corrected chi connectivity index (χ0v) is 17.3. The highest BCUT2D eigenvalue weighted by atomic mass is 16.5. The largest absolute Gasteiger partial charge is 0.497 e. The molecule has 0 bridgehead atoms. The zero-order chi connectivity index (χ0) is 21.1. The Morgan fingerprint density at radius 1 is 0.933 bits per heavy atom. The van der Waals surface area contributed by atoms with Crippen LogP contribution in [0, 0.1) is 0 Å². The van der Waals surface area contributed by atoms with Crippen LogP contribution in [0.3, 0.4) is 0 Å². The van der Waals surface area contributed by atoms with Gasteiger partial charge in [-0.2, -0.15) is 9.78 Å². The van der Waals surface area contributed by atoms with E-state index in [1.54, 1.807) is 43.5 Å². The van der Waals surface area contributed by atoms with E-state index in [4.69, 9.17) is 9.47 Å². The Labute approximate surface area is 174 Å². The number of hydrogen-bond acceptors (Lipinski definition) is 5. The molecule has 4 rings (SSSR count). The molecule has 30 heavy (non-hydrogen) atoms. The third-order valence-corrected chi connectivity index (χ3v) is 5.52. The van der Waals surface area contributed by atoms with Gasteiger partial charge in [0.25, 0.3) is 11.5 Å². The van der Waals surface area contributed by atoms with E-state index in [-0.39, 0.29) is 17.2 Å². The van der Waals surface area contributed by atoms with Crippen LogP contribution in [0.4, 0.5) is 0 Å². The Balaban J connectivity index is 1.91. The van der Waals surface area contributed by atoms with E-state index in [0.717, 1.165) is 25.7 Å². The van der Waals surface area contributed by atoms with Crippen molar-refractivity contribution < 1.29 is 14.3 Å². The summed E-state index contributed by atoms with van der Waals surface area (Å²) in [5, 5.41) is 5.55. The zero-order valence-electron chi connectivity index (χ0n) is 17.3. The fourth-order valence-corrected chi connectivity index (χ4v) is 3.89. The van der Waals surface area contributed by atoms with Crippen molar-refractivity contribution in [3.63, 3.8) is 0 Å². The van der Waals surface area contributed by atoms with Gasteiger partial charge in [0.15, 0.2) is 5.69 Å². The summed E-state index contributed by atoms with van der Waals surface area (Å²) in [4.78, 5) is 28.5. The van der Waals surface area contributed by atoms with Crippen LogP contribution in [0.5, 0.6) is 11.5 Å². The van der Waals surface area contributed by atoms with Gasteiger partial charge in [-0.25, -0.2) is 0 Å². The van der Waals surface area contributed by atoms with E-state index >= 15 is 0 Å². The van der Waals surface area contributed by atoms with E-state index in [1.807, 2.05) is 11.0 Å². The number of likely N-dealkylation sites (tertiary alicyclic amines) is 1. The molecule has 1 amide bonds. The van der Waals surface area contributed by atoms with Gasteiger partial charge in [-0.3, -0.25) is 9.59 Å². The number of hydrogen-bond donors (Lipinski definition) is 0. The second-order valence-corrected chi connectivity index (χ2v) is 7.36. The Morgan fingerprint density at radius 2 is 1.63 bits per heavy atom. The van der Waals surface area contributed by atoms with Crippen LogP contribution < -0.4 is 15.0 Å². The molecular formula is C23H25N3O4. The third kappa shape index (κ3) is 3.63. The van der Waals surface area contributed by atoms with Crippen LogP contribution in [0.1, 0.15) is 36.2 Å². The van der Waals surface area contributed by atoms with Gasteiger partial charge in [0.05, 0.1) is 19.6 Å². The van der Waals surface area contributed by atoms with Crippen molar-refractivity contribution >= 4 is 16.7 Å². The van der Waals surface area contributed by atoms with Crippen molar-refractivity contribution in [2.75, 3.05) is 27.3 Å². The fourth-order valence-electron chi connectivity index (χ4n) is 3.89. The van der Waals surface area contributed by atoms with Gasteiger partial charge >= 0.3 is 0 Å². The summed E-state index contributed by atoms with van der Waals surface area (Å²) in [6.45, 7) is 1.42. The number of carbonyl (C=O) groups is 1. The van der Waals surface area contributed by atoms with Crippen LogP contribution >= 0.6 is 0 Å². The first kappa shape index (κ1) is 19.9. The third-order valence-electron chi connectivity index (χ3n) is 5.52. The van der Waals surface area contributed by atoms with Gasteiger partial charge in [0, 0.05) is 24.5 Å². The van der Waals surface area contributed by atoms with E-state index in [9.17, 15) is 9.59 Å². The predicted octanol–water partition coefficient (Wildman–Crippen LogP) is 3.42. The summed E-state index contributed by atoms with van der Waals surface area (Å²) in [5.74, 6) is 0.895. The number of nitrogens with zero attached hydrogens (tertiary/aromatic N) is 3. The summed E-state index contributed by atoms with van der Waals surface area (Å²) in [6, 6.07) is 12.3. The van der Waals surface area contributed by atoms with Gasteiger partial charge in [0.2, 0.25) is 0 Å². The fraction of sp³-hybridized carbons (Fsp3) is 0.348. The van der Waals surface area contributed by atoms with Crippen molar-refractivity contribution in [3.05, 3.63) is 58.5 Å². The molecule has 1 aromatic heterocycles. The monoisotopic (exact) mass is 407 g/mol. The maximum atomic E-state index is 13.4. The first-order valence-electron chi connectivity index (χ1n) is 10.2. The van der Waals surface area contributed by atoms with Crippen molar-refractivity contribution in [1.29, 1.82) is 0 Å². The molecule has 0 atom stereocenters. The highest BCUT2D eigenvalue weighted by Crippen LogP contribution is 2.27. The molecule has 1 saturated heterocycles. The van der Waals surface area contributed by atoms with E-state index < -0.39 is 0 Å². The molecule has 2 aromatic carbocycles. The summed E-state index contributed by atoms with van der Waals surface area (Å²) < 4.78 is 12.0. The SMILES string of the molecule is COc1ccc(-n2nc(C(=O)N3CCCCCC3)c3ccccc3c2=O)c(OC)c1. The van der Waals surface area contributed by atoms with Crippen LogP contribution in [0.15, 0.2) is 47.3 Å². The quantitative estimate of drug-likeness (QED) is 0.663. The topological polar surface area (TPSA) is 73.7 Å². The molecule has 0 spiro atoms. The molecular weight excluding hydrogens is 382 g/mol. The molecule has 7 nitrogen and oxygen atoms in total. The van der Waals surface area contributed by atoms with Crippen molar-refractivity contribution in [3.8, 4) is 17.2 Å². The highest BCUT2D eigenvalue weighted by Gasteiger charge is 2.24. The maximum Gasteiger partial charge on any atom is 0.279 e. The lowest BCUT2D eigenvalue weighted by Crippen LogP contribution is -2.35. The van der Waals surface area contributed by atoms with Crippen LogP contribution in [0.25, 0.3) is 16.5 Å². The minimum Gasteiger partial charge on any atom is -0.497 e. The molecule has 0 saturated carbocycles. The molecule has 7 heteroatoms. The maximum absolute atomic E-state index is 13.4. The van der Waals surface area contributed by atoms with Gasteiger partial charge in [-0.15, -0.1) is 0 Å². The van der Waals surface area contributed by atoms with Crippen LogP contribution in [0.2, 0.25) is 0 Å². The van der Waals surface area contributed by atoms with Crippen LogP contribution in [-0.2, 0) is 0 Å². The van der Waals surface area contributed by atoms with E-state index in [2.05, 4.69) is 5.10 Å². The normalized spacial score (nSPS) is 14.4. The van der Waals surface area contributed by atoms with E-state index in [0.29, 0.717) is 41.0 Å². The molecule has 1 aliphatic heterocycles. The number of rotatable bonds is 4. The average molecular weight is 407 g/mol. The van der Waals surface area contributed by atoms with Gasteiger partial charge < -0.3 is 14.4 Å². The second-order valence-electron chi connectivity index (χ2n) is 7.36. The molecule has 3 aromatic rings. The highest BCUT2D eigenvalue weighted by molar-refractivity contribution is 6.04. The Hall–Kier alpha value is -3.35. The summed E-state index contributed by atoms with van der Waals surface area (Å²) in [7, 11) is 3.08. The first-order valence-corrected chi connectivity index (χ1v) is 10.2. The standard InChI is InChI=1S/C23H25N3O4/c1-29-16-11-12-19(20(15-16)30-2)26-22(27)18-10-6-5-9-17(18)21(24-26)23(28)25-13-7-3-4-8-14-25/h5-6,9-12,15H,3-4,7-8,13-14H2,1-2H3. The Kier molecular flexibility index (Phi) is 5.70. The summed E-state index contributed by atoms with van der Waals surface area (Å²) >= 11 is 0. The number of fused-ring (bicyclic) bond motifs is 1. The number of aromatic nitrogens is 2. The van der Waals surface area contributed by atoms with E-state index in [1.165, 1.54) is 11.8 Å². The summed E-state index contributed by atoms with van der Waals surface area (Å²) in [5.41, 5.74) is 0.436. The second kappa shape index (κ2) is 8.57. The lowest BCUT2D eigenvalue weighted by molar-refractivity contribution is 0.0756. The van der Waals surface area contributed by atoms with Crippen molar-refractivity contribution in [2.24, 2.45) is 0 Å². The minimum absolute atomic E-state index is 0.144. The average Bonchev–Trinajstić information content (AvgIpc) is 3.08. The summed E-state index contributed by atoms with van der Waals surface area (Å²) in [6.07, 6.45) is 4.21. The lowest BCUT2D eigenvalue weighted by atomic mass is 10.1. The van der Waals surface area contributed by atoms with Crippen molar-refractivity contribution in [1.82, 2.24) is 14.7 Å². The number of benzene rings is 2. The predicted molar refractivity (Wildman–Crippen MR) is 115 cm³/mol. The molecule has 0 N–H and O–H groups in total. The number of methoxy groups -OCH3 is 2. The number of amides is 1. The number of carbonyl (C=O) groups excluding carboxylic acids is 1. The van der Waals surface area contributed by atoms with Crippen LogP contribution in [-0.4, -0.2) is 47.9 Å². The molecule has 0 aliphatic carbocycles. The smallest absolute Gasteiger partial charge is 0.279 e. The van der Waals surface area contributed by atoms with Crippen molar-refractivity contribution in [2.45, 2.75) is 25.7 Å². The first-order chi connectivity index (χ1) is 14.6. The Bertz CT molecular complexity index is 1130. The molecule has 1 fully saturated rings. The lowest BCUT2D eigenvalue weighted by Gasteiger charge is -2.21. The molecule has 156 valence electrons. The molecule has 0 unspecified atom stereocenters. The molecule has 1 aliphatic rings. The Morgan fingerprint density at radius 3 is 2.30 bits per heavy atom.